The molecule has 0 amide bonds. The molecule has 0 spiro atoms. The maximum Gasteiger partial charge on any atom is 0.348 e. The van der Waals surface area contributed by atoms with Crippen LogP contribution in [0.2, 0.25) is 0 Å². The molecule has 230 valence electrons. The number of benzene rings is 3. The zero-order chi connectivity index (χ0) is 30.8. The summed E-state index contributed by atoms with van der Waals surface area (Å²) in [5, 5.41) is 0. The van der Waals surface area contributed by atoms with Crippen LogP contribution >= 0.6 is 0 Å². The fourth-order valence-electron chi connectivity index (χ4n) is 4.69. The first kappa shape index (κ1) is 32.0. The molecule has 10 nitrogen and oxygen atoms in total. The number of piperidine rings is 1. The molecule has 0 bridgehead atoms. The first-order valence-corrected chi connectivity index (χ1v) is 15.4. The largest absolute Gasteiger partial charge is 0.493 e. The van der Waals surface area contributed by atoms with Crippen molar-refractivity contribution in [3.63, 3.8) is 0 Å². The molecule has 1 aliphatic rings. The number of hydrogen-bond acceptors (Lipinski definition) is 10. The number of ether oxygens (including phenoxy) is 4. The highest BCUT2D eigenvalue weighted by atomic mass is 32.2. The fraction of sp³-hybridized carbons (Fsp3) is 0.375. The van der Waals surface area contributed by atoms with E-state index in [0.717, 1.165) is 38.0 Å². The van der Waals surface area contributed by atoms with Crippen molar-refractivity contribution in [1.29, 1.82) is 0 Å². The van der Waals surface area contributed by atoms with Gasteiger partial charge in [-0.05, 0) is 74.2 Å². The Morgan fingerprint density at radius 3 is 2.14 bits per heavy atom. The standard InChI is InChI=1S/C32H37NO9S/c1-23-9-12-27(13-10-23)43(36,37)42-30(32(35)41-22-26-11-14-28(38-2)29(19-26)39-3)31(34)40-21-25-15-17-33(18-16-25)20-24-7-5-4-6-8-24/h4-14,19,25,30H,15-18,20-22H2,1-3H3. The van der Waals surface area contributed by atoms with E-state index in [2.05, 4.69) is 17.0 Å². The van der Waals surface area contributed by atoms with Gasteiger partial charge in [0.15, 0.2) is 11.5 Å². The van der Waals surface area contributed by atoms with E-state index in [4.69, 9.17) is 23.1 Å². The molecule has 43 heavy (non-hydrogen) atoms. The minimum absolute atomic E-state index is 0.0331. The van der Waals surface area contributed by atoms with Crippen LogP contribution in [0.25, 0.3) is 0 Å². The van der Waals surface area contributed by atoms with Crippen LogP contribution in [-0.4, -0.2) is 65.3 Å². The van der Waals surface area contributed by atoms with Crippen molar-refractivity contribution in [1.82, 2.24) is 4.90 Å². The highest BCUT2D eigenvalue weighted by molar-refractivity contribution is 7.86. The first-order valence-electron chi connectivity index (χ1n) is 14.0. The second-order valence-corrected chi connectivity index (χ2v) is 11.9. The lowest BCUT2D eigenvalue weighted by Gasteiger charge is -2.31. The molecule has 0 aliphatic carbocycles. The lowest BCUT2D eigenvalue weighted by atomic mass is 9.97. The molecule has 0 aromatic heterocycles. The predicted molar refractivity (Wildman–Crippen MR) is 158 cm³/mol. The normalized spacial score (nSPS) is 15.0. The summed E-state index contributed by atoms with van der Waals surface area (Å²) in [5.74, 6) is -1.35. The minimum atomic E-state index is -4.49. The summed E-state index contributed by atoms with van der Waals surface area (Å²) in [7, 11) is -1.53. The number of aryl methyl sites for hydroxylation is 1. The molecular weight excluding hydrogens is 574 g/mol. The molecule has 3 aromatic rings. The lowest BCUT2D eigenvalue weighted by Crippen LogP contribution is -2.39. The molecule has 11 heteroatoms. The molecule has 1 unspecified atom stereocenters. The van der Waals surface area contributed by atoms with Crippen molar-refractivity contribution in [2.45, 2.75) is 43.9 Å². The van der Waals surface area contributed by atoms with Gasteiger partial charge < -0.3 is 18.9 Å². The van der Waals surface area contributed by atoms with Gasteiger partial charge in [-0.2, -0.15) is 8.42 Å². The Kier molecular flexibility index (Phi) is 11.2. The second kappa shape index (κ2) is 15.0. The zero-order valence-corrected chi connectivity index (χ0v) is 25.4. The van der Waals surface area contributed by atoms with E-state index in [1.54, 1.807) is 37.3 Å². The van der Waals surface area contributed by atoms with Gasteiger partial charge in [-0.15, -0.1) is 0 Å². The van der Waals surface area contributed by atoms with E-state index in [1.165, 1.54) is 31.9 Å². The van der Waals surface area contributed by atoms with Crippen molar-refractivity contribution in [2.75, 3.05) is 33.9 Å². The highest BCUT2D eigenvalue weighted by Crippen LogP contribution is 2.28. The number of carbonyl (C=O) groups excluding carboxylic acids is 2. The number of carbonyl (C=O) groups is 2. The predicted octanol–water partition coefficient (Wildman–Crippen LogP) is 4.28. The Labute approximate surface area is 252 Å². The van der Waals surface area contributed by atoms with Gasteiger partial charge >= 0.3 is 11.9 Å². The van der Waals surface area contributed by atoms with Crippen LogP contribution in [0.15, 0.2) is 77.7 Å². The molecule has 0 N–H and O–H groups in total. The van der Waals surface area contributed by atoms with E-state index in [1.807, 2.05) is 18.2 Å². The van der Waals surface area contributed by atoms with E-state index >= 15 is 0 Å². The topological polar surface area (TPSA) is 118 Å². The average molecular weight is 612 g/mol. The average Bonchev–Trinajstić information content (AvgIpc) is 3.02. The van der Waals surface area contributed by atoms with Crippen LogP contribution in [0.5, 0.6) is 11.5 Å². The molecule has 3 aromatic carbocycles. The second-order valence-electron chi connectivity index (χ2n) is 10.4. The molecule has 0 saturated carbocycles. The molecule has 1 fully saturated rings. The van der Waals surface area contributed by atoms with Crippen LogP contribution in [-0.2, 0) is 46.5 Å². The van der Waals surface area contributed by atoms with Gasteiger partial charge in [0.05, 0.1) is 25.7 Å². The summed E-state index contributed by atoms with van der Waals surface area (Å²) in [6.45, 7) is 4.06. The van der Waals surface area contributed by atoms with Crippen molar-refractivity contribution in [3.8, 4) is 11.5 Å². The van der Waals surface area contributed by atoms with Gasteiger partial charge in [0.25, 0.3) is 16.2 Å². The number of likely N-dealkylation sites (tertiary alicyclic amines) is 1. The summed E-state index contributed by atoms with van der Waals surface area (Å²) in [6, 6.07) is 20.9. The SMILES string of the molecule is COc1ccc(COC(=O)C(OS(=O)(=O)c2ccc(C)cc2)C(=O)OCC2CCN(Cc3ccccc3)CC2)cc1OC. The Bertz CT molecular complexity index is 1470. The summed E-state index contributed by atoms with van der Waals surface area (Å²) >= 11 is 0. The Morgan fingerprint density at radius 1 is 0.837 bits per heavy atom. The van der Waals surface area contributed by atoms with Gasteiger partial charge in [-0.25, -0.2) is 13.8 Å². The highest BCUT2D eigenvalue weighted by Gasteiger charge is 2.37. The third kappa shape index (κ3) is 9.03. The van der Waals surface area contributed by atoms with Gasteiger partial charge in [-0.1, -0.05) is 54.1 Å². The molecule has 1 atom stereocenters. The third-order valence-electron chi connectivity index (χ3n) is 7.21. The van der Waals surface area contributed by atoms with Crippen molar-refractivity contribution >= 4 is 22.1 Å². The smallest absolute Gasteiger partial charge is 0.348 e. The number of methoxy groups -OCH3 is 2. The fourth-order valence-corrected chi connectivity index (χ4v) is 5.68. The number of esters is 2. The Hall–Kier alpha value is -3.93. The third-order valence-corrected chi connectivity index (χ3v) is 8.50. The maximum atomic E-state index is 13.1. The molecule has 1 aliphatic heterocycles. The van der Waals surface area contributed by atoms with E-state index in [9.17, 15) is 18.0 Å². The summed E-state index contributed by atoms with van der Waals surface area (Å²) in [5.41, 5.74) is 2.59. The van der Waals surface area contributed by atoms with E-state index in [0.29, 0.717) is 17.1 Å². The molecule has 0 radical (unpaired) electrons. The number of rotatable bonds is 13. The van der Waals surface area contributed by atoms with E-state index in [-0.39, 0.29) is 24.0 Å². The molecule has 1 saturated heterocycles. The maximum absolute atomic E-state index is 13.1. The van der Waals surface area contributed by atoms with Crippen LogP contribution in [0.4, 0.5) is 0 Å². The summed E-state index contributed by atoms with van der Waals surface area (Å²) in [6.07, 6.45) is -0.557. The summed E-state index contributed by atoms with van der Waals surface area (Å²) < 4.78 is 52.4. The molecule has 1 heterocycles. The van der Waals surface area contributed by atoms with Gasteiger partial charge in [0.1, 0.15) is 6.61 Å². The van der Waals surface area contributed by atoms with Crippen LogP contribution in [0.3, 0.4) is 0 Å². The number of hydrogen-bond donors (Lipinski definition) is 0. The van der Waals surface area contributed by atoms with Crippen molar-refractivity contribution < 1.29 is 41.1 Å². The van der Waals surface area contributed by atoms with Gasteiger partial charge in [0.2, 0.25) is 0 Å². The minimum Gasteiger partial charge on any atom is -0.493 e. The zero-order valence-electron chi connectivity index (χ0n) is 24.6. The van der Waals surface area contributed by atoms with Gasteiger partial charge in [-0.3, -0.25) is 4.90 Å². The van der Waals surface area contributed by atoms with Gasteiger partial charge in [0, 0.05) is 6.54 Å². The molecule has 4 rings (SSSR count). The summed E-state index contributed by atoms with van der Waals surface area (Å²) in [4.78, 5) is 28.4. The van der Waals surface area contributed by atoms with Crippen molar-refractivity contribution in [3.05, 3.63) is 89.5 Å². The lowest BCUT2D eigenvalue weighted by molar-refractivity contribution is -0.168. The van der Waals surface area contributed by atoms with E-state index < -0.39 is 28.2 Å². The van der Waals surface area contributed by atoms with Crippen LogP contribution < -0.4 is 9.47 Å². The Balaban J connectivity index is 1.40. The van der Waals surface area contributed by atoms with Crippen LogP contribution in [0.1, 0.15) is 29.5 Å². The number of nitrogens with zero attached hydrogens (tertiary/aromatic N) is 1. The first-order chi connectivity index (χ1) is 20.7. The monoisotopic (exact) mass is 611 g/mol. The Morgan fingerprint density at radius 2 is 1.49 bits per heavy atom. The van der Waals surface area contributed by atoms with Crippen LogP contribution in [0, 0.1) is 12.8 Å². The quantitative estimate of drug-likeness (QED) is 0.157. The van der Waals surface area contributed by atoms with Crippen molar-refractivity contribution in [2.24, 2.45) is 5.92 Å². The molecular formula is C32H37NO9S.